The zero-order valence-electron chi connectivity index (χ0n) is 18.1. The van der Waals surface area contributed by atoms with E-state index in [1.165, 1.54) is 22.5 Å². The van der Waals surface area contributed by atoms with E-state index in [4.69, 9.17) is 16.3 Å². The van der Waals surface area contributed by atoms with Crippen molar-refractivity contribution in [2.75, 3.05) is 17.5 Å². The number of rotatable bonds is 8. The van der Waals surface area contributed by atoms with Crippen LogP contribution >= 0.6 is 11.6 Å². The summed E-state index contributed by atoms with van der Waals surface area (Å²) in [6.07, 6.45) is 3.09. The highest BCUT2D eigenvalue weighted by molar-refractivity contribution is 7.93. The van der Waals surface area contributed by atoms with Crippen LogP contribution in [0.1, 0.15) is 34.8 Å². The zero-order chi connectivity index (χ0) is 23.4. The molecule has 0 saturated carbocycles. The Morgan fingerprint density at radius 1 is 1.18 bits per heavy atom. The van der Waals surface area contributed by atoms with Gasteiger partial charge in [-0.25, -0.2) is 13.4 Å². The van der Waals surface area contributed by atoms with E-state index < -0.39 is 15.9 Å². The Labute approximate surface area is 198 Å². The number of nitrogens with zero attached hydrogens (tertiary/aromatic N) is 2. The SMILES string of the molecule is CCCOc1ncccc1CNC(=O)c1ccc(Cl)c(S(=O)(=O)N2CCc3ccccc32)c1. The molecule has 172 valence electrons. The fourth-order valence-corrected chi connectivity index (χ4v) is 5.69. The maximum absolute atomic E-state index is 13.4. The summed E-state index contributed by atoms with van der Waals surface area (Å²) in [5.41, 5.74) is 2.53. The number of hydrogen-bond acceptors (Lipinski definition) is 5. The maximum atomic E-state index is 13.4. The highest BCUT2D eigenvalue weighted by Crippen LogP contribution is 2.35. The molecule has 1 N–H and O–H groups in total. The average molecular weight is 486 g/mol. The van der Waals surface area contributed by atoms with Crippen molar-refractivity contribution >= 4 is 33.2 Å². The van der Waals surface area contributed by atoms with Crippen molar-refractivity contribution in [3.8, 4) is 5.88 Å². The Bertz CT molecular complexity index is 1280. The highest BCUT2D eigenvalue weighted by Gasteiger charge is 2.32. The van der Waals surface area contributed by atoms with Crippen molar-refractivity contribution in [3.05, 3.63) is 82.5 Å². The molecule has 0 spiro atoms. The van der Waals surface area contributed by atoms with Gasteiger partial charge in [-0.05, 0) is 48.7 Å². The molecular formula is C24H24ClN3O4S. The van der Waals surface area contributed by atoms with Crippen molar-refractivity contribution in [1.29, 1.82) is 0 Å². The summed E-state index contributed by atoms with van der Waals surface area (Å²) in [4.78, 5) is 16.9. The summed E-state index contributed by atoms with van der Waals surface area (Å²) >= 11 is 6.27. The van der Waals surface area contributed by atoms with Crippen molar-refractivity contribution in [2.45, 2.75) is 31.2 Å². The van der Waals surface area contributed by atoms with Gasteiger partial charge in [0.1, 0.15) is 4.90 Å². The molecule has 0 saturated heterocycles. The average Bonchev–Trinajstić information content (AvgIpc) is 3.27. The van der Waals surface area contributed by atoms with Crippen LogP contribution in [0.15, 0.2) is 65.7 Å². The molecule has 3 aromatic rings. The summed E-state index contributed by atoms with van der Waals surface area (Å²) in [7, 11) is -3.93. The van der Waals surface area contributed by atoms with Gasteiger partial charge in [-0.1, -0.05) is 42.8 Å². The normalized spacial score (nSPS) is 13.0. The summed E-state index contributed by atoms with van der Waals surface area (Å²) in [6, 6.07) is 15.2. The van der Waals surface area contributed by atoms with E-state index in [-0.39, 0.29) is 22.0 Å². The number of halogens is 1. The Hall–Kier alpha value is -3.10. The Morgan fingerprint density at radius 2 is 2.00 bits per heavy atom. The summed E-state index contributed by atoms with van der Waals surface area (Å²) in [6.45, 7) is 3.04. The van der Waals surface area contributed by atoms with Gasteiger partial charge >= 0.3 is 0 Å². The molecule has 0 aliphatic carbocycles. The molecule has 7 nitrogen and oxygen atoms in total. The van der Waals surface area contributed by atoms with E-state index >= 15 is 0 Å². The fraction of sp³-hybridized carbons (Fsp3) is 0.250. The molecular weight excluding hydrogens is 462 g/mol. The number of pyridine rings is 1. The number of para-hydroxylation sites is 1. The van der Waals surface area contributed by atoms with E-state index in [1.54, 1.807) is 24.4 Å². The number of ether oxygens (including phenoxy) is 1. The monoisotopic (exact) mass is 485 g/mol. The maximum Gasteiger partial charge on any atom is 0.265 e. The van der Waals surface area contributed by atoms with E-state index in [1.807, 2.05) is 25.1 Å². The van der Waals surface area contributed by atoms with Crippen LogP contribution in [0.2, 0.25) is 5.02 Å². The first-order valence-corrected chi connectivity index (χ1v) is 12.5. The minimum absolute atomic E-state index is 0.0680. The van der Waals surface area contributed by atoms with Crippen LogP contribution < -0.4 is 14.4 Å². The third kappa shape index (κ3) is 4.82. The Balaban J connectivity index is 1.55. The van der Waals surface area contributed by atoms with E-state index in [2.05, 4.69) is 10.3 Å². The van der Waals surface area contributed by atoms with Crippen LogP contribution in [0.4, 0.5) is 5.69 Å². The second-order valence-electron chi connectivity index (χ2n) is 7.60. The van der Waals surface area contributed by atoms with E-state index in [9.17, 15) is 13.2 Å². The van der Waals surface area contributed by atoms with Gasteiger partial charge in [-0.2, -0.15) is 0 Å². The van der Waals surface area contributed by atoms with Crippen LogP contribution in [0.3, 0.4) is 0 Å². The number of carbonyl (C=O) groups is 1. The van der Waals surface area contributed by atoms with Gasteiger partial charge in [0, 0.05) is 30.4 Å². The van der Waals surface area contributed by atoms with Gasteiger partial charge in [0.25, 0.3) is 15.9 Å². The number of anilines is 1. The molecule has 0 fully saturated rings. The van der Waals surface area contributed by atoms with Crippen LogP contribution in [0, 0.1) is 0 Å². The highest BCUT2D eigenvalue weighted by atomic mass is 35.5. The lowest BCUT2D eigenvalue weighted by Crippen LogP contribution is -2.30. The lowest BCUT2D eigenvalue weighted by atomic mass is 10.2. The summed E-state index contributed by atoms with van der Waals surface area (Å²) < 4.78 is 33.8. The van der Waals surface area contributed by atoms with Gasteiger partial charge in [-0.15, -0.1) is 0 Å². The third-order valence-corrected chi connectivity index (χ3v) is 7.63. The van der Waals surface area contributed by atoms with Gasteiger partial charge in [0.2, 0.25) is 5.88 Å². The molecule has 1 amide bonds. The summed E-state index contributed by atoms with van der Waals surface area (Å²) in [5.74, 6) is 0.0435. The number of sulfonamides is 1. The number of carbonyl (C=O) groups excluding carboxylic acids is 1. The third-order valence-electron chi connectivity index (χ3n) is 5.34. The number of hydrogen-bond donors (Lipinski definition) is 1. The molecule has 4 rings (SSSR count). The van der Waals surface area contributed by atoms with Crippen molar-refractivity contribution in [2.24, 2.45) is 0 Å². The van der Waals surface area contributed by atoms with Crippen molar-refractivity contribution < 1.29 is 17.9 Å². The lowest BCUT2D eigenvalue weighted by Gasteiger charge is -2.20. The molecule has 2 aromatic carbocycles. The summed E-state index contributed by atoms with van der Waals surface area (Å²) in [5, 5.41) is 2.87. The Kier molecular flexibility index (Phi) is 6.85. The number of benzene rings is 2. The first-order valence-electron chi connectivity index (χ1n) is 10.7. The van der Waals surface area contributed by atoms with Gasteiger partial charge in [-0.3, -0.25) is 9.10 Å². The second-order valence-corrected chi connectivity index (χ2v) is 9.84. The topological polar surface area (TPSA) is 88.6 Å². The predicted molar refractivity (Wildman–Crippen MR) is 127 cm³/mol. The minimum atomic E-state index is -3.93. The van der Waals surface area contributed by atoms with Gasteiger partial charge < -0.3 is 10.1 Å². The molecule has 1 aromatic heterocycles. The predicted octanol–water partition coefficient (Wildman–Crippen LogP) is 4.21. The molecule has 0 unspecified atom stereocenters. The molecule has 0 radical (unpaired) electrons. The Morgan fingerprint density at radius 3 is 2.82 bits per heavy atom. The largest absolute Gasteiger partial charge is 0.477 e. The molecule has 2 heterocycles. The lowest BCUT2D eigenvalue weighted by molar-refractivity contribution is 0.0950. The van der Waals surface area contributed by atoms with E-state index in [0.29, 0.717) is 31.1 Å². The van der Waals surface area contributed by atoms with Crippen LogP contribution in [0.5, 0.6) is 5.88 Å². The van der Waals surface area contributed by atoms with Crippen molar-refractivity contribution in [3.63, 3.8) is 0 Å². The molecule has 33 heavy (non-hydrogen) atoms. The van der Waals surface area contributed by atoms with Crippen LogP contribution in [0.25, 0.3) is 0 Å². The smallest absolute Gasteiger partial charge is 0.265 e. The second kappa shape index (κ2) is 9.80. The standard InChI is InChI=1S/C24H24ClN3O4S/c1-2-14-32-24-19(7-5-12-26-24)16-27-23(29)18-9-10-20(25)22(15-18)33(30,31)28-13-11-17-6-3-4-8-21(17)28/h3-10,12,15H,2,11,13-14,16H2,1H3,(H,27,29). The number of nitrogens with one attached hydrogen (secondary N) is 1. The molecule has 1 aliphatic rings. The first kappa shape index (κ1) is 23.1. The van der Waals surface area contributed by atoms with Crippen LogP contribution in [-0.2, 0) is 23.0 Å². The first-order chi connectivity index (χ1) is 15.9. The molecule has 1 aliphatic heterocycles. The zero-order valence-corrected chi connectivity index (χ0v) is 19.7. The number of amides is 1. The fourth-order valence-electron chi connectivity index (χ4n) is 3.68. The van der Waals surface area contributed by atoms with E-state index in [0.717, 1.165) is 17.5 Å². The van der Waals surface area contributed by atoms with Crippen LogP contribution in [-0.4, -0.2) is 32.5 Å². The quantitative estimate of drug-likeness (QED) is 0.516. The number of fused-ring (bicyclic) bond motifs is 1. The van der Waals surface area contributed by atoms with Gasteiger partial charge in [0.15, 0.2) is 0 Å². The number of aromatic nitrogens is 1. The molecule has 0 atom stereocenters. The van der Waals surface area contributed by atoms with Gasteiger partial charge in [0.05, 0.1) is 17.3 Å². The molecule has 0 bridgehead atoms. The van der Waals surface area contributed by atoms with Crippen molar-refractivity contribution in [1.82, 2.24) is 10.3 Å². The molecule has 9 heteroatoms. The minimum Gasteiger partial charge on any atom is -0.477 e.